The Kier molecular flexibility index (Phi) is 3.54. The highest BCUT2D eigenvalue weighted by Gasteiger charge is 2.36. The first-order chi connectivity index (χ1) is 6.83. The molecule has 2 atom stereocenters. The molecule has 0 aromatic rings. The van der Waals surface area contributed by atoms with Crippen molar-refractivity contribution in [3.05, 3.63) is 0 Å². The second-order valence-corrected chi connectivity index (χ2v) is 4.90. The predicted molar refractivity (Wildman–Crippen MR) is 55.2 cm³/mol. The first-order valence-corrected chi connectivity index (χ1v) is 5.15. The quantitative estimate of drug-likeness (QED) is 0.718. The summed E-state index contributed by atoms with van der Waals surface area (Å²) in [5, 5.41) is 0. The van der Waals surface area contributed by atoms with Crippen LogP contribution in [0.25, 0.3) is 0 Å². The molecule has 1 rings (SSSR count). The molecule has 0 aliphatic carbocycles. The van der Waals surface area contributed by atoms with E-state index in [9.17, 15) is 9.18 Å². The second kappa shape index (κ2) is 4.35. The number of carbonyl (C=O) groups excluding carboxylic acids is 1. The molecule has 0 unspecified atom stereocenters. The van der Waals surface area contributed by atoms with E-state index in [4.69, 9.17) is 10.5 Å². The summed E-state index contributed by atoms with van der Waals surface area (Å²) in [6, 6.07) is 0. The number of amides is 1. The van der Waals surface area contributed by atoms with E-state index < -0.39 is 17.9 Å². The lowest BCUT2D eigenvalue weighted by Gasteiger charge is -2.24. The fraction of sp³-hybridized carbons (Fsp3) is 0.900. The van der Waals surface area contributed by atoms with E-state index in [1.165, 1.54) is 4.90 Å². The number of likely N-dealkylation sites (tertiary alicyclic amines) is 1. The summed E-state index contributed by atoms with van der Waals surface area (Å²) >= 11 is 0. The van der Waals surface area contributed by atoms with Crippen molar-refractivity contribution in [2.45, 2.75) is 32.5 Å². The molecule has 0 saturated carbocycles. The zero-order valence-corrected chi connectivity index (χ0v) is 9.50. The van der Waals surface area contributed by atoms with Gasteiger partial charge < -0.3 is 15.4 Å². The van der Waals surface area contributed by atoms with Gasteiger partial charge in [-0.3, -0.25) is 0 Å². The van der Waals surface area contributed by atoms with Gasteiger partial charge in [-0.05, 0) is 27.3 Å². The number of halogens is 1. The maximum atomic E-state index is 13.3. The van der Waals surface area contributed by atoms with Crippen LogP contribution >= 0.6 is 0 Å². The topological polar surface area (TPSA) is 55.6 Å². The molecule has 1 aliphatic heterocycles. The van der Waals surface area contributed by atoms with E-state index >= 15 is 0 Å². The summed E-state index contributed by atoms with van der Waals surface area (Å²) in [6.45, 7) is 6.07. The van der Waals surface area contributed by atoms with Crippen LogP contribution in [-0.4, -0.2) is 42.4 Å². The average Bonchev–Trinajstić information content (AvgIpc) is 2.43. The lowest BCUT2D eigenvalue weighted by atomic mass is 10.1. The van der Waals surface area contributed by atoms with Crippen LogP contribution in [0.1, 0.15) is 20.8 Å². The normalized spacial score (nSPS) is 26.9. The SMILES string of the molecule is CC(C)(C)OC(=O)N1C[C@H](CN)[C@H](F)C1. The number of carbonyl (C=O) groups is 1. The van der Waals surface area contributed by atoms with Crippen molar-refractivity contribution in [2.75, 3.05) is 19.6 Å². The third-order valence-corrected chi connectivity index (χ3v) is 2.32. The highest BCUT2D eigenvalue weighted by Crippen LogP contribution is 2.21. The number of rotatable bonds is 1. The third-order valence-electron chi connectivity index (χ3n) is 2.32. The van der Waals surface area contributed by atoms with Crippen LogP contribution in [-0.2, 0) is 4.74 Å². The monoisotopic (exact) mass is 218 g/mol. The molecule has 5 heteroatoms. The minimum absolute atomic E-state index is 0.0940. The van der Waals surface area contributed by atoms with E-state index in [1.54, 1.807) is 20.8 Å². The van der Waals surface area contributed by atoms with Crippen LogP contribution < -0.4 is 5.73 Å². The lowest BCUT2D eigenvalue weighted by molar-refractivity contribution is 0.0281. The molecule has 1 amide bonds. The lowest BCUT2D eigenvalue weighted by Crippen LogP contribution is -2.35. The molecule has 4 nitrogen and oxygen atoms in total. The summed E-state index contributed by atoms with van der Waals surface area (Å²) < 4.78 is 18.4. The summed E-state index contributed by atoms with van der Waals surface area (Å²) in [5.74, 6) is -0.252. The van der Waals surface area contributed by atoms with Crippen LogP contribution in [0, 0.1) is 5.92 Å². The van der Waals surface area contributed by atoms with Gasteiger partial charge in [0.15, 0.2) is 0 Å². The van der Waals surface area contributed by atoms with Gasteiger partial charge in [0.2, 0.25) is 0 Å². The van der Waals surface area contributed by atoms with Gasteiger partial charge in [-0.2, -0.15) is 0 Å². The summed E-state index contributed by atoms with van der Waals surface area (Å²) in [5.41, 5.74) is 4.86. The Hall–Kier alpha value is -0.840. The summed E-state index contributed by atoms with van der Waals surface area (Å²) in [7, 11) is 0. The summed E-state index contributed by atoms with van der Waals surface area (Å²) in [6.07, 6.45) is -1.48. The maximum Gasteiger partial charge on any atom is 0.410 e. The Bertz CT molecular complexity index is 240. The molecule has 88 valence electrons. The highest BCUT2D eigenvalue weighted by atomic mass is 19.1. The number of nitrogens with zero attached hydrogens (tertiary/aromatic N) is 1. The molecule has 15 heavy (non-hydrogen) atoms. The van der Waals surface area contributed by atoms with Crippen LogP contribution in [0.5, 0.6) is 0 Å². The van der Waals surface area contributed by atoms with Gasteiger partial charge in [0.05, 0.1) is 6.54 Å². The van der Waals surface area contributed by atoms with Crippen LogP contribution in [0.4, 0.5) is 9.18 Å². The molecule has 1 fully saturated rings. The molecule has 1 saturated heterocycles. The van der Waals surface area contributed by atoms with Crippen LogP contribution in [0.3, 0.4) is 0 Å². The molecule has 1 heterocycles. The van der Waals surface area contributed by atoms with Gasteiger partial charge in [-0.25, -0.2) is 9.18 Å². The first kappa shape index (κ1) is 12.2. The van der Waals surface area contributed by atoms with Crippen LogP contribution in [0.2, 0.25) is 0 Å². The number of ether oxygens (including phenoxy) is 1. The van der Waals surface area contributed by atoms with Gasteiger partial charge in [-0.15, -0.1) is 0 Å². The summed E-state index contributed by atoms with van der Waals surface area (Å²) in [4.78, 5) is 12.9. The molecule has 1 aliphatic rings. The average molecular weight is 218 g/mol. The molecule has 0 radical (unpaired) electrons. The molecule has 0 spiro atoms. The van der Waals surface area contributed by atoms with Crippen molar-refractivity contribution in [3.8, 4) is 0 Å². The Morgan fingerprint density at radius 3 is 2.53 bits per heavy atom. The molecular formula is C10H19FN2O2. The third kappa shape index (κ3) is 3.34. The maximum absolute atomic E-state index is 13.3. The fourth-order valence-electron chi connectivity index (χ4n) is 1.53. The Morgan fingerprint density at radius 1 is 1.53 bits per heavy atom. The minimum atomic E-state index is -1.03. The van der Waals surface area contributed by atoms with E-state index in [0.717, 1.165) is 0 Å². The van der Waals surface area contributed by atoms with E-state index in [-0.39, 0.29) is 19.0 Å². The molecule has 0 aromatic carbocycles. The van der Waals surface area contributed by atoms with Crippen molar-refractivity contribution < 1.29 is 13.9 Å². The van der Waals surface area contributed by atoms with Crippen molar-refractivity contribution in [3.63, 3.8) is 0 Å². The second-order valence-electron chi connectivity index (χ2n) is 4.90. The fourth-order valence-corrected chi connectivity index (χ4v) is 1.53. The standard InChI is InChI=1S/C10H19FN2O2/c1-10(2,3)15-9(14)13-5-7(4-12)8(11)6-13/h7-8H,4-6,12H2,1-3H3/t7-,8+/m0/s1. The Balaban J connectivity index is 2.50. The molecule has 0 bridgehead atoms. The van der Waals surface area contributed by atoms with Crippen molar-refractivity contribution in [1.82, 2.24) is 4.90 Å². The number of alkyl halides is 1. The smallest absolute Gasteiger partial charge is 0.410 e. The minimum Gasteiger partial charge on any atom is -0.444 e. The van der Waals surface area contributed by atoms with E-state index in [1.807, 2.05) is 0 Å². The van der Waals surface area contributed by atoms with Gasteiger partial charge in [-0.1, -0.05) is 0 Å². The van der Waals surface area contributed by atoms with Gasteiger partial charge in [0.25, 0.3) is 0 Å². The van der Waals surface area contributed by atoms with Crippen molar-refractivity contribution in [2.24, 2.45) is 11.7 Å². The molecular weight excluding hydrogens is 199 g/mol. The molecule has 2 N–H and O–H groups in total. The van der Waals surface area contributed by atoms with E-state index in [2.05, 4.69) is 0 Å². The zero-order chi connectivity index (χ0) is 11.6. The molecule has 0 aromatic heterocycles. The van der Waals surface area contributed by atoms with Crippen molar-refractivity contribution in [1.29, 1.82) is 0 Å². The number of hydrogen-bond acceptors (Lipinski definition) is 3. The zero-order valence-electron chi connectivity index (χ0n) is 9.50. The Morgan fingerprint density at radius 2 is 2.13 bits per heavy atom. The van der Waals surface area contributed by atoms with Gasteiger partial charge in [0.1, 0.15) is 11.8 Å². The van der Waals surface area contributed by atoms with Crippen molar-refractivity contribution >= 4 is 6.09 Å². The highest BCUT2D eigenvalue weighted by molar-refractivity contribution is 5.68. The number of nitrogens with two attached hydrogens (primary N) is 1. The Labute approximate surface area is 89.6 Å². The van der Waals surface area contributed by atoms with Gasteiger partial charge in [0, 0.05) is 12.5 Å². The predicted octanol–water partition coefficient (Wildman–Crippen LogP) is 1.15. The van der Waals surface area contributed by atoms with Crippen LogP contribution in [0.15, 0.2) is 0 Å². The number of hydrogen-bond donors (Lipinski definition) is 1. The largest absolute Gasteiger partial charge is 0.444 e. The van der Waals surface area contributed by atoms with Gasteiger partial charge >= 0.3 is 6.09 Å². The first-order valence-electron chi connectivity index (χ1n) is 5.15. The van der Waals surface area contributed by atoms with E-state index in [0.29, 0.717) is 6.54 Å².